The highest BCUT2D eigenvalue weighted by Gasteiger charge is 2.07. The summed E-state index contributed by atoms with van der Waals surface area (Å²) in [5.41, 5.74) is 0. The molecule has 134 valence electrons. The molecule has 0 spiro atoms. The maximum Gasteiger partial charge on any atom is 0.130 e. The second-order valence-electron chi connectivity index (χ2n) is 6.11. The largest absolute Gasteiger partial charge is 0.493 e. The van der Waals surface area contributed by atoms with E-state index in [-0.39, 0.29) is 0 Å². The Morgan fingerprint density at radius 3 is 1.54 bits per heavy atom. The van der Waals surface area contributed by atoms with Crippen molar-refractivity contribution in [2.24, 2.45) is 0 Å². The molecule has 0 aliphatic heterocycles. The van der Waals surface area contributed by atoms with Crippen molar-refractivity contribution < 1.29 is 9.47 Å². The van der Waals surface area contributed by atoms with Gasteiger partial charge in [-0.05, 0) is 25.0 Å². The van der Waals surface area contributed by atoms with Crippen LogP contribution in [-0.4, -0.2) is 13.2 Å². The molecule has 2 rings (SSSR count). The van der Waals surface area contributed by atoms with Gasteiger partial charge in [0.05, 0.1) is 13.2 Å². The maximum atomic E-state index is 5.85. The lowest BCUT2D eigenvalue weighted by molar-refractivity contribution is 0.306. The first-order valence-corrected chi connectivity index (χ1v) is 11.0. The van der Waals surface area contributed by atoms with E-state index in [2.05, 4.69) is 36.7 Å². The van der Waals surface area contributed by atoms with E-state index in [1.54, 1.807) is 22.7 Å². The Labute approximate surface area is 154 Å². The fraction of sp³-hybridized carbons (Fsp3) is 0.600. The fourth-order valence-corrected chi connectivity index (χ4v) is 4.25. The second-order valence-corrected chi connectivity index (χ2v) is 7.93. The minimum absolute atomic E-state index is 0.826. The number of hydrogen-bond acceptors (Lipinski definition) is 4. The van der Waals surface area contributed by atoms with Crippen molar-refractivity contribution in [1.82, 2.24) is 0 Å². The van der Waals surface area contributed by atoms with E-state index < -0.39 is 0 Å². The van der Waals surface area contributed by atoms with E-state index in [0.29, 0.717) is 0 Å². The molecule has 2 heterocycles. The summed E-state index contributed by atoms with van der Waals surface area (Å²) in [6, 6.07) is 4.31. The van der Waals surface area contributed by atoms with Gasteiger partial charge in [0, 0.05) is 20.5 Å². The predicted octanol–water partition coefficient (Wildman–Crippen LogP) is 7.39. The van der Waals surface area contributed by atoms with Crippen molar-refractivity contribution in [3.63, 3.8) is 0 Å². The Balaban J connectivity index is 1.74. The summed E-state index contributed by atoms with van der Waals surface area (Å²) in [5.74, 6) is 2.00. The van der Waals surface area contributed by atoms with E-state index in [9.17, 15) is 0 Å². The van der Waals surface area contributed by atoms with Crippen LogP contribution in [0.4, 0.5) is 0 Å². The number of hydrogen-bond donors (Lipinski definition) is 0. The van der Waals surface area contributed by atoms with Crippen molar-refractivity contribution in [3.8, 4) is 21.3 Å². The Hall–Kier alpha value is -1.000. The Kier molecular flexibility index (Phi) is 9.29. The van der Waals surface area contributed by atoms with Gasteiger partial charge in [0.1, 0.15) is 11.5 Å². The van der Waals surface area contributed by atoms with Crippen molar-refractivity contribution in [1.29, 1.82) is 0 Å². The van der Waals surface area contributed by atoms with Crippen molar-refractivity contribution in [2.75, 3.05) is 13.2 Å². The van der Waals surface area contributed by atoms with Gasteiger partial charge in [0.25, 0.3) is 0 Å². The van der Waals surface area contributed by atoms with Crippen molar-refractivity contribution >= 4 is 22.7 Å². The van der Waals surface area contributed by atoms with Gasteiger partial charge in [0.2, 0.25) is 0 Å². The molecular weight excluding hydrogens is 336 g/mol. The molecule has 2 aromatic heterocycles. The molecule has 0 aromatic carbocycles. The highest BCUT2D eigenvalue weighted by molar-refractivity contribution is 7.20. The number of thiophene rings is 2. The lowest BCUT2D eigenvalue weighted by Crippen LogP contribution is -1.95. The van der Waals surface area contributed by atoms with Crippen LogP contribution in [0.3, 0.4) is 0 Å². The molecule has 0 aliphatic carbocycles. The number of ether oxygens (including phenoxy) is 2. The van der Waals surface area contributed by atoms with Crippen LogP contribution in [0.15, 0.2) is 22.9 Å². The van der Waals surface area contributed by atoms with Crippen LogP contribution in [0.5, 0.6) is 11.5 Å². The van der Waals surface area contributed by atoms with E-state index >= 15 is 0 Å². The normalized spacial score (nSPS) is 10.9. The van der Waals surface area contributed by atoms with E-state index in [1.165, 1.54) is 48.3 Å². The minimum Gasteiger partial charge on any atom is -0.493 e. The SMILES string of the molecule is CCCCCCOc1csc(-c2cc(OCCCCCC)cs2)c1. The molecule has 2 nitrogen and oxygen atoms in total. The Bertz CT molecular complexity index is 509. The Morgan fingerprint density at radius 1 is 0.667 bits per heavy atom. The standard InChI is InChI=1S/C20H30O2S2/c1-3-5-7-9-11-21-17-13-19(23-15-17)20-14-18(16-24-20)22-12-10-8-6-4-2/h13-16H,3-12H2,1-2H3. The van der Waals surface area contributed by atoms with Crippen LogP contribution in [0.1, 0.15) is 65.2 Å². The summed E-state index contributed by atoms with van der Waals surface area (Å²) in [5, 5.41) is 4.22. The molecule has 0 amide bonds. The van der Waals surface area contributed by atoms with Gasteiger partial charge in [-0.15, -0.1) is 22.7 Å². The second kappa shape index (κ2) is 11.5. The third kappa shape index (κ3) is 6.86. The molecule has 0 N–H and O–H groups in total. The summed E-state index contributed by atoms with van der Waals surface area (Å²) in [4.78, 5) is 2.54. The zero-order valence-corrected chi connectivity index (χ0v) is 16.6. The molecule has 0 saturated carbocycles. The average Bonchev–Trinajstić information content (AvgIpc) is 3.23. The van der Waals surface area contributed by atoms with E-state index in [0.717, 1.165) is 37.6 Å². The van der Waals surface area contributed by atoms with Crippen LogP contribution in [0.25, 0.3) is 9.75 Å². The van der Waals surface area contributed by atoms with Crippen LogP contribution in [0, 0.1) is 0 Å². The van der Waals surface area contributed by atoms with E-state index in [4.69, 9.17) is 9.47 Å². The van der Waals surface area contributed by atoms with Crippen LogP contribution in [0.2, 0.25) is 0 Å². The van der Waals surface area contributed by atoms with Crippen molar-refractivity contribution in [3.05, 3.63) is 22.9 Å². The summed E-state index contributed by atoms with van der Waals surface area (Å²) in [6.07, 6.45) is 9.95. The molecule has 0 unspecified atom stereocenters. The highest BCUT2D eigenvalue weighted by Crippen LogP contribution is 2.37. The molecule has 2 aromatic rings. The van der Waals surface area contributed by atoms with Gasteiger partial charge in [-0.3, -0.25) is 0 Å². The molecule has 0 saturated heterocycles. The zero-order valence-electron chi connectivity index (χ0n) is 15.0. The number of unbranched alkanes of at least 4 members (excludes halogenated alkanes) is 6. The maximum absolute atomic E-state index is 5.85. The third-order valence-corrected chi connectivity index (χ3v) is 5.94. The lowest BCUT2D eigenvalue weighted by atomic mass is 10.2. The molecular formula is C20H30O2S2. The smallest absolute Gasteiger partial charge is 0.130 e. The van der Waals surface area contributed by atoms with Crippen LogP contribution >= 0.6 is 22.7 Å². The van der Waals surface area contributed by atoms with Gasteiger partial charge in [-0.2, -0.15) is 0 Å². The van der Waals surface area contributed by atoms with Crippen molar-refractivity contribution in [2.45, 2.75) is 65.2 Å². The molecule has 0 bridgehead atoms. The highest BCUT2D eigenvalue weighted by atomic mass is 32.1. The van der Waals surface area contributed by atoms with Crippen LogP contribution < -0.4 is 9.47 Å². The molecule has 0 atom stereocenters. The first-order chi connectivity index (χ1) is 11.8. The van der Waals surface area contributed by atoms with Gasteiger partial charge in [-0.1, -0.05) is 52.4 Å². The first-order valence-electron chi connectivity index (χ1n) is 9.26. The third-order valence-electron chi connectivity index (χ3n) is 3.93. The van der Waals surface area contributed by atoms with Gasteiger partial charge >= 0.3 is 0 Å². The predicted molar refractivity (Wildman–Crippen MR) is 107 cm³/mol. The first kappa shape index (κ1) is 19.3. The quantitative estimate of drug-likeness (QED) is 0.344. The fourth-order valence-electron chi connectivity index (χ4n) is 2.49. The summed E-state index contributed by atoms with van der Waals surface area (Å²) in [7, 11) is 0. The van der Waals surface area contributed by atoms with Gasteiger partial charge < -0.3 is 9.47 Å². The molecule has 0 radical (unpaired) electrons. The summed E-state index contributed by atoms with van der Waals surface area (Å²) >= 11 is 3.50. The molecule has 4 heteroatoms. The topological polar surface area (TPSA) is 18.5 Å². The number of rotatable bonds is 13. The monoisotopic (exact) mass is 366 g/mol. The summed E-state index contributed by atoms with van der Waals surface area (Å²) in [6.45, 7) is 6.12. The van der Waals surface area contributed by atoms with Crippen LogP contribution in [-0.2, 0) is 0 Å². The Morgan fingerprint density at radius 2 is 1.12 bits per heavy atom. The van der Waals surface area contributed by atoms with Gasteiger partial charge in [0.15, 0.2) is 0 Å². The minimum atomic E-state index is 0.826. The average molecular weight is 367 g/mol. The summed E-state index contributed by atoms with van der Waals surface area (Å²) < 4.78 is 11.7. The molecule has 0 aliphatic rings. The molecule has 0 fully saturated rings. The van der Waals surface area contributed by atoms with E-state index in [1.807, 2.05) is 0 Å². The molecule has 24 heavy (non-hydrogen) atoms. The lowest BCUT2D eigenvalue weighted by Gasteiger charge is -2.02. The zero-order chi connectivity index (χ0) is 17.0. The van der Waals surface area contributed by atoms with Gasteiger partial charge in [-0.25, -0.2) is 0 Å².